The SMILES string of the molecule is CC(C)(C)c1noc(N2CCC3(CC2)Oc2ccc(-c4ccncc4)cc2CC3(F)F)n1. The van der Waals surface area contributed by atoms with Gasteiger partial charge in [0.05, 0.1) is 0 Å². The lowest BCUT2D eigenvalue weighted by Gasteiger charge is -2.48. The second kappa shape index (κ2) is 7.25. The zero-order chi connectivity index (χ0) is 22.6. The minimum atomic E-state index is -2.98. The number of halogens is 2. The molecule has 2 aromatic heterocycles. The van der Waals surface area contributed by atoms with Crippen LogP contribution in [0.15, 0.2) is 47.2 Å². The molecular formula is C24H26F2N4O2. The maximum absolute atomic E-state index is 15.4. The summed E-state index contributed by atoms with van der Waals surface area (Å²) >= 11 is 0. The largest absolute Gasteiger partial charge is 0.481 e. The molecule has 1 saturated heterocycles. The smallest absolute Gasteiger partial charge is 0.324 e. The van der Waals surface area contributed by atoms with Crippen molar-refractivity contribution in [2.75, 3.05) is 18.0 Å². The molecule has 32 heavy (non-hydrogen) atoms. The Bertz CT molecular complexity index is 1120. The van der Waals surface area contributed by atoms with Gasteiger partial charge in [-0.25, -0.2) is 8.78 Å². The average molecular weight is 440 g/mol. The van der Waals surface area contributed by atoms with E-state index in [1.807, 2.05) is 49.9 Å². The molecule has 2 aliphatic heterocycles. The summed E-state index contributed by atoms with van der Waals surface area (Å²) in [4.78, 5) is 10.4. The van der Waals surface area contributed by atoms with E-state index < -0.39 is 11.5 Å². The molecule has 6 nitrogen and oxygen atoms in total. The van der Waals surface area contributed by atoms with Crippen molar-refractivity contribution in [1.82, 2.24) is 15.1 Å². The van der Waals surface area contributed by atoms with Gasteiger partial charge in [0.1, 0.15) is 5.75 Å². The van der Waals surface area contributed by atoms with E-state index in [0.29, 0.717) is 36.2 Å². The van der Waals surface area contributed by atoms with Crippen LogP contribution in [-0.4, -0.2) is 39.7 Å². The van der Waals surface area contributed by atoms with E-state index in [-0.39, 0.29) is 24.7 Å². The highest BCUT2D eigenvalue weighted by Crippen LogP contribution is 2.49. The van der Waals surface area contributed by atoms with E-state index >= 15 is 8.78 Å². The van der Waals surface area contributed by atoms with E-state index in [2.05, 4.69) is 15.1 Å². The molecule has 0 unspecified atom stereocenters. The first-order valence-corrected chi connectivity index (χ1v) is 10.9. The molecule has 1 spiro atoms. The second-order valence-corrected chi connectivity index (χ2v) is 9.67. The quantitative estimate of drug-likeness (QED) is 0.556. The van der Waals surface area contributed by atoms with E-state index in [9.17, 15) is 0 Å². The minimum Gasteiger partial charge on any atom is -0.481 e. The highest BCUT2D eigenvalue weighted by atomic mass is 19.3. The maximum Gasteiger partial charge on any atom is 0.324 e. The number of fused-ring (bicyclic) bond motifs is 1. The summed E-state index contributed by atoms with van der Waals surface area (Å²) in [7, 11) is 0. The van der Waals surface area contributed by atoms with Gasteiger partial charge in [0.25, 0.3) is 5.92 Å². The van der Waals surface area contributed by atoms with Crippen molar-refractivity contribution < 1.29 is 18.0 Å². The number of pyridine rings is 1. The Hall–Kier alpha value is -3.03. The van der Waals surface area contributed by atoms with Gasteiger partial charge < -0.3 is 14.2 Å². The standard InChI is InChI=1S/C24H26F2N4O2/c1-22(2,3)20-28-21(32-29-20)30-12-8-23(9-13-30)24(25,26)15-18-14-17(4-5-19(18)31-23)16-6-10-27-11-7-16/h4-7,10-11,14H,8-9,12-13,15H2,1-3H3. The van der Waals surface area contributed by atoms with Crippen LogP contribution >= 0.6 is 0 Å². The predicted octanol–water partition coefficient (Wildman–Crippen LogP) is 5.04. The number of anilines is 1. The first-order chi connectivity index (χ1) is 15.2. The lowest BCUT2D eigenvalue weighted by atomic mass is 9.79. The molecule has 0 radical (unpaired) electrons. The van der Waals surface area contributed by atoms with Gasteiger partial charge in [-0.3, -0.25) is 4.98 Å². The number of hydrogen-bond acceptors (Lipinski definition) is 6. The highest BCUT2D eigenvalue weighted by Gasteiger charge is 2.59. The molecule has 3 aromatic rings. The van der Waals surface area contributed by atoms with Crippen LogP contribution in [0.4, 0.5) is 14.8 Å². The minimum absolute atomic E-state index is 0.179. The molecular weight excluding hydrogens is 414 g/mol. The molecule has 8 heteroatoms. The van der Waals surface area contributed by atoms with Gasteiger partial charge in [-0.05, 0) is 35.4 Å². The van der Waals surface area contributed by atoms with Gasteiger partial charge in [-0.2, -0.15) is 4.98 Å². The average Bonchev–Trinajstić information content (AvgIpc) is 3.26. The monoisotopic (exact) mass is 440 g/mol. The van der Waals surface area contributed by atoms with E-state index in [4.69, 9.17) is 9.26 Å². The summed E-state index contributed by atoms with van der Waals surface area (Å²) in [5.74, 6) is -1.84. The Kier molecular flexibility index (Phi) is 4.72. The number of hydrogen-bond donors (Lipinski definition) is 0. The van der Waals surface area contributed by atoms with Crippen LogP contribution in [0.3, 0.4) is 0 Å². The molecule has 2 aliphatic rings. The molecule has 4 heterocycles. The molecule has 0 saturated carbocycles. The number of alkyl halides is 2. The van der Waals surface area contributed by atoms with Crippen LogP contribution in [0.5, 0.6) is 5.75 Å². The lowest BCUT2D eigenvalue weighted by Crippen LogP contribution is -2.61. The van der Waals surface area contributed by atoms with Crippen molar-refractivity contribution in [3.8, 4) is 16.9 Å². The Morgan fingerprint density at radius 1 is 1.00 bits per heavy atom. The van der Waals surface area contributed by atoms with Gasteiger partial charge >= 0.3 is 6.01 Å². The van der Waals surface area contributed by atoms with Crippen molar-refractivity contribution in [1.29, 1.82) is 0 Å². The number of aromatic nitrogens is 3. The summed E-state index contributed by atoms with van der Waals surface area (Å²) < 4.78 is 42.3. The summed E-state index contributed by atoms with van der Waals surface area (Å²) in [6, 6.07) is 9.63. The number of piperidine rings is 1. The second-order valence-electron chi connectivity index (χ2n) is 9.67. The van der Waals surface area contributed by atoms with Crippen LogP contribution in [0.1, 0.15) is 45.0 Å². The predicted molar refractivity (Wildman–Crippen MR) is 116 cm³/mol. The number of ether oxygens (including phenoxy) is 1. The fourth-order valence-electron chi connectivity index (χ4n) is 4.40. The van der Waals surface area contributed by atoms with E-state index in [0.717, 1.165) is 11.1 Å². The van der Waals surface area contributed by atoms with Crippen LogP contribution in [0, 0.1) is 0 Å². The first kappa shape index (κ1) is 20.8. The summed E-state index contributed by atoms with van der Waals surface area (Å²) in [5.41, 5.74) is 0.582. The third-order valence-electron chi connectivity index (χ3n) is 6.39. The number of nitrogens with zero attached hydrogens (tertiary/aromatic N) is 4. The highest BCUT2D eigenvalue weighted by molar-refractivity contribution is 5.65. The van der Waals surface area contributed by atoms with Crippen molar-refractivity contribution in [3.05, 3.63) is 54.1 Å². The van der Waals surface area contributed by atoms with Crippen LogP contribution in [0.25, 0.3) is 11.1 Å². The van der Waals surface area contributed by atoms with Crippen molar-refractivity contribution in [2.24, 2.45) is 0 Å². The van der Waals surface area contributed by atoms with Gasteiger partial charge in [0.2, 0.25) is 0 Å². The normalized spacial score (nSPS) is 19.5. The van der Waals surface area contributed by atoms with Gasteiger partial charge in [0, 0.05) is 55.7 Å². The molecule has 0 aliphatic carbocycles. The number of benzene rings is 1. The Balaban J connectivity index is 1.36. The van der Waals surface area contributed by atoms with Crippen molar-refractivity contribution in [2.45, 2.75) is 57.0 Å². The Labute approximate surface area is 185 Å². The van der Waals surface area contributed by atoms with Gasteiger partial charge in [-0.1, -0.05) is 32.0 Å². The van der Waals surface area contributed by atoms with E-state index in [1.54, 1.807) is 18.5 Å². The van der Waals surface area contributed by atoms with E-state index in [1.165, 1.54) is 0 Å². The molecule has 1 aromatic carbocycles. The summed E-state index contributed by atoms with van der Waals surface area (Å²) in [6.45, 7) is 6.74. The summed E-state index contributed by atoms with van der Waals surface area (Å²) in [6.07, 6.45) is 3.40. The van der Waals surface area contributed by atoms with Crippen molar-refractivity contribution in [3.63, 3.8) is 0 Å². The Morgan fingerprint density at radius 3 is 2.38 bits per heavy atom. The fourth-order valence-corrected chi connectivity index (χ4v) is 4.40. The molecule has 168 valence electrons. The Morgan fingerprint density at radius 2 is 1.72 bits per heavy atom. The molecule has 0 atom stereocenters. The lowest BCUT2D eigenvalue weighted by molar-refractivity contribution is -0.185. The summed E-state index contributed by atoms with van der Waals surface area (Å²) in [5, 5.41) is 4.05. The molecule has 0 bridgehead atoms. The van der Waals surface area contributed by atoms with Crippen LogP contribution in [-0.2, 0) is 11.8 Å². The third kappa shape index (κ3) is 3.51. The van der Waals surface area contributed by atoms with Gasteiger partial charge in [-0.15, -0.1) is 0 Å². The third-order valence-corrected chi connectivity index (χ3v) is 6.39. The van der Waals surface area contributed by atoms with Crippen LogP contribution in [0.2, 0.25) is 0 Å². The maximum atomic E-state index is 15.4. The molecule has 0 amide bonds. The molecule has 5 rings (SSSR count). The van der Waals surface area contributed by atoms with Crippen LogP contribution < -0.4 is 9.64 Å². The fraction of sp³-hybridized carbons (Fsp3) is 0.458. The number of rotatable bonds is 2. The van der Waals surface area contributed by atoms with Gasteiger partial charge in [0.15, 0.2) is 11.4 Å². The first-order valence-electron chi connectivity index (χ1n) is 10.9. The zero-order valence-corrected chi connectivity index (χ0v) is 18.4. The topological polar surface area (TPSA) is 64.3 Å². The zero-order valence-electron chi connectivity index (χ0n) is 18.4. The molecule has 0 N–H and O–H groups in total. The molecule has 1 fully saturated rings. The van der Waals surface area contributed by atoms with Crippen molar-refractivity contribution >= 4 is 6.01 Å².